The Labute approximate surface area is 239 Å². The summed E-state index contributed by atoms with van der Waals surface area (Å²) in [5.41, 5.74) is 7.19. The first-order chi connectivity index (χ1) is 20.2. The number of aromatic nitrogens is 2. The van der Waals surface area contributed by atoms with Gasteiger partial charge in [-0.15, -0.1) is 0 Å². The van der Waals surface area contributed by atoms with E-state index < -0.39 is 0 Å². The van der Waals surface area contributed by atoms with Crippen LogP contribution in [0.1, 0.15) is 5.56 Å². The minimum absolute atomic E-state index is 0.273. The summed E-state index contributed by atoms with van der Waals surface area (Å²) >= 11 is 0. The van der Waals surface area contributed by atoms with Crippen molar-refractivity contribution in [3.8, 4) is 22.5 Å². The molecule has 2 heterocycles. The Morgan fingerprint density at radius 1 is 0.756 bits per heavy atom. The van der Waals surface area contributed by atoms with Crippen LogP contribution in [-0.2, 0) is 6.42 Å². The summed E-state index contributed by atoms with van der Waals surface area (Å²) in [5.74, 6) is 1.50. The third-order valence-electron chi connectivity index (χ3n) is 6.90. The fourth-order valence-electron chi connectivity index (χ4n) is 4.82. The highest BCUT2D eigenvalue weighted by molar-refractivity contribution is 6.36. The molecular weight excluding hydrogens is 509 g/mol. The van der Waals surface area contributed by atoms with Crippen molar-refractivity contribution in [2.45, 2.75) is 6.42 Å². The van der Waals surface area contributed by atoms with Crippen LogP contribution in [0, 0.1) is 0 Å². The first-order valence-corrected chi connectivity index (χ1v) is 13.5. The minimum Gasteiger partial charge on any atom is -0.437 e. The number of anilines is 3. The van der Waals surface area contributed by atoms with Gasteiger partial charge in [0.05, 0.1) is 5.39 Å². The van der Waals surface area contributed by atoms with Gasteiger partial charge in [-0.05, 0) is 35.7 Å². The third-order valence-corrected chi connectivity index (χ3v) is 6.90. The first-order valence-electron chi connectivity index (χ1n) is 13.5. The number of fused-ring (bicyclic) bond motifs is 1. The van der Waals surface area contributed by atoms with Crippen LogP contribution in [0.15, 0.2) is 120 Å². The number of nitrogens with one attached hydrogen (secondary N) is 3. The summed E-state index contributed by atoms with van der Waals surface area (Å²) < 4.78 is 6.30. The van der Waals surface area contributed by atoms with Gasteiger partial charge in [-0.25, -0.2) is 14.8 Å². The lowest BCUT2D eigenvalue weighted by molar-refractivity contribution is 0.262. The van der Waals surface area contributed by atoms with E-state index in [1.54, 1.807) is 0 Å². The molecular formula is C33H28BN5O2. The maximum Gasteiger partial charge on any atom is 0.323 e. The molecule has 8 heteroatoms. The van der Waals surface area contributed by atoms with Crippen LogP contribution in [-0.4, -0.2) is 30.4 Å². The van der Waals surface area contributed by atoms with E-state index in [0.29, 0.717) is 12.3 Å². The van der Waals surface area contributed by atoms with Gasteiger partial charge >= 0.3 is 6.03 Å². The zero-order chi connectivity index (χ0) is 28.0. The van der Waals surface area contributed by atoms with Gasteiger partial charge in [0.2, 0.25) is 5.71 Å². The van der Waals surface area contributed by atoms with Crippen molar-refractivity contribution >= 4 is 47.6 Å². The van der Waals surface area contributed by atoms with Crippen LogP contribution in [0.5, 0.6) is 0 Å². The molecule has 0 spiro atoms. The molecule has 200 valence electrons. The van der Waals surface area contributed by atoms with Crippen molar-refractivity contribution < 1.29 is 9.21 Å². The number of urea groups is 1. The molecule has 0 aliphatic carbocycles. The number of amides is 2. The second-order valence-electron chi connectivity index (χ2n) is 9.71. The summed E-state index contributed by atoms with van der Waals surface area (Å²) in [6.07, 6.45) is 2.30. The predicted octanol–water partition coefficient (Wildman–Crippen LogP) is 6.11. The highest BCUT2D eigenvalue weighted by Crippen LogP contribution is 2.42. The van der Waals surface area contributed by atoms with Crippen molar-refractivity contribution in [2.75, 3.05) is 22.5 Å². The number of carbonyl (C=O) groups excluding carboxylic acids is 1. The van der Waals surface area contributed by atoms with Crippen LogP contribution in [0.25, 0.3) is 33.6 Å². The van der Waals surface area contributed by atoms with Crippen LogP contribution in [0.4, 0.5) is 22.0 Å². The topological polar surface area (TPSA) is 92.1 Å². The molecule has 0 atom stereocenters. The fourth-order valence-corrected chi connectivity index (χ4v) is 4.82. The average Bonchev–Trinajstić information content (AvgIpc) is 3.41. The van der Waals surface area contributed by atoms with Gasteiger partial charge in [-0.1, -0.05) is 96.5 Å². The number of benzene rings is 4. The molecule has 0 saturated heterocycles. The van der Waals surface area contributed by atoms with E-state index in [1.807, 2.05) is 105 Å². The van der Waals surface area contributed by atoms with Crippen molar-refractivity contribution in [2.24, 2.45) is 0 Å². The largest absolute Gasteiger partial charge is 0.437 e. The smallest absolute Gasteiger partial charge is 0.323 e. The van der Waals surface area contributed by atoms with Gasteiger partial charge < -0.3 is 20.4 Å². The number of nitrogens with zero attached hydrogens (tertiary/aromatic N) is 2. The number of hydrogen-bond acceptors (Lipinski definition) is 5. The number of rotatable bonds is 8. The molecule has 3 N–H and O–H groups in total. The van der Waals surface area contributed by atoms with Crippen molar-refractivity contribution in [1.29, 1.82) is 0 Å². The van der Waals surface area contributed by atoms with Crippen molar-refractivity contribution in [1.82, 2.24) is 9.97 Å². The Hall–Kier alpha value is -5.37. The van der Waals surface area contributed by atoms with Gasteiger partial charge in [-0.3, -0.25) is 0 Å². The van der Waals surface area contributed by atoms with Crippen LogP contribution in [0.3, 0.4) is 0 Å². The molecule has 4 aromatic carbocycles. The zero-order valence-electron chi connectivity index (χ0n) is 22.6. The molecule has 0 radical (unpaired) electrons. The molecule has 0 bridgehead atoms. The SMILES string of the molecule is Bc1ccccc1NC(=O)Nc1ccc(CCNc2ncnc3oc(-c4ccccc4)c(-c4ccccc4)c23)cc1. The number of carbonyl (C=O) groups is 1. The van der Waals surface area contributed by atoms with E-state index >= 15 is 0 Å². The van der Waals surface area contributed by atoms with Gasteiger partial charge in [0, 0.05) is 29.0 Å². The number of hydrogen-bond donors (Lipinski definition) is 3. The van der Waals surface area contributed by atoms with Gasteiger partial charge in [-0.2, -0.15) is 0 Å². The molecule has 41 heavy (non-hydrogen) atoms. The molecule has 6 rings (SSSR count). The lowest BCUT2D eigenvalue weighted by atomic mass is 9.94. The van der Waals surface area contributed by atoms with E-state index in [1.165, 1.54) is 6.33 Å². The third kappa shape index (κ3) is 5.82. The maximum atomic E-state index is 12.4. The van der Waals surface area contributed by atoms with Crippen LogP contribution in [0.2, 0.25) is 0 Å². The fraction of sp³-hybridized carbons (Fsp3) is 0.0606. The summed E-state index contributed by atoms with van der Waals surface area (Å²) in [6.45, 7) is 0.659. The molecule has 0 aliphatic rings. The molecule has 0 aliphatic heterocycles. The highest BCUT2D eigenvalue weighted by Gasteiger charge is 2.21. The lowest BCUT2D eigenvalue weighted by Gasteiger charge is -2.11. The standard InChI is InChI=1S/C33H28BN5O2/c34-26-13-7-8-14-27(26)39-33(40)38-25-17-15-22(16-18-25)19-20-35-31-29-28(23-9-3-1-4-10-23)30(24-11-5-2-6-12-24)41-32(29)37-21-36-31/h1-18,21H,19-20,34H2,(H,35,36,37)(H2,38,39,40). The highest BCUT2D eigenvalue weighted by atomic mass is 16.3. The van der Waals surface area contributed by atoms with Gasteiger partial charge in [0.15, 0.2) is 0 Å². The molecule has 2 amide bonds. The van der Waals surface area contributed by atoms with E-state index in [0.717, 1.165) is 62.5 Å². The van der Waals surface area contributed by atoms with E-state index in [4.69, 9.17) is 4.42 Å². The second-order valence-corrected chi connectivity index (χ2v) is 9.71. The Morgan fingerprint density at radius 3 is 2.17 bits per heavy atom. The molecule has 0 fully saturated rings. The normalized spacial score (nSPS) is 10.8. The summed E-state index contributed by atoms with van der Waals surface area (Å²) in [6, 6.07) is 35.5. The summed E-state index contributed by atoms with van der Waals surface area (Å²) in [7, 11) is 1.96. The molecule has 0 saturated carbocycles. The summed E-state index contributed by atoms with van der Waals surface area (Å²) in [5, 5.41) is 10.1. The lowest BCUT2D eigenvalue weighted by Crippen LogP contribution is -2.23. The predicted molar refractivity (Wildman–Crippen MR) is 169 cm³/mol. The molecule has 2 aromatic heterocycles. The van der Waals surface area contributed by atoms with Crippen molar-refractivity contribution in [3.05, 3.63) is 121 Å². The number of para-hydroxylation sites is 1. The Morgan fingerprint density at radius 2 is 1.44 bits per heavy atom. The minimum atomic E-state index is -0.273. The zero-order valence-corrected chi connectivity index (χ0v) is 22.6. The Bertz CT molecular complexity index is 1790. The average molecular weight is 537 g/mol. The number of furan rings is 1. The first kappa shape index (κ1) is 25.9. The van der Waals surface area contributed by atoms with Crippen LogP contribution >= 0.6 is 0 Å². The van der Waals surface area contributed by atoms with Crippen LogP contribution < -0.4 is 21.4 Å². The Balaban J connectivity index is 1.17. The second kappa shape index (κ2) is 11.8. The van der Waals surface area contributed by atoms with E-state index in [2.05, 4.69) is 38.1 Å². The van der Waals surface area contributed by atoms with Crippen molar-refractivity contribution in [3.63, 3.8) is 0 Å². The molecule has 7 nitrogen and oxygen atoms in total. The maximum absolute atomic E-state index is 12.4. The molecule has 6 aromatic rings. The van der Waals surface area contributed by atoms with Gasteiger partial charge in [0.1, 0.15) is 25.8 Å². The quantitative estimate of drug-likeness (QED) is 0.204. The summed E-state index contributed by atoms with van der Waals surface area (Å²) in [4.78, 5) is 21.5. The van der Waals surface area contributed by atoms with E-state index in [9.17, 15) is 4.79 Å². The monoisotopic (exact) mass is 537 g/mol. The van der Waals surface area contributed by atoms with E-state index in [-0.39, 0.29) is 6.03 Å². The van der Waals surface area contributed by atoms with Gasteiger partial charge in [0.25, 0.3) is 0 Å². The molecule has 0 unspecified atom stereocenters. The Kier molecular flexibility index (Phi) is 7.45.